The molecular formula is C11H10NO2S. The molecule has 15 heavy (non-hydrogen) atoms. The number of benzene rings is 1. The SMILES string of the molecule is OCCOc1ccc(-c2cs[c]n2)cc1. The highest BCUT2D eigenvalue weighted by Gasteiger charge is 1.99. The number of ether oxygens (including phenoxy) is 1. The van der Waals surface area contributed by atoms with Gasteiger partial charge in [-0.15, -0.1) is 11.3 Å². The summed E-state index contributed by atoms with van der Waals surface area (Å²) in [6, 6.07) is 7.61. The molecule has 77 valence electrons. The van der Waals surface area contributed by atoms with E-state index in [9.17, 15) is 0 Å². The Balaban J connectivity index is 2.11. The van der Waals surface area contributed by atoms with Gasteiger partial charge >= 0.3 is 0 Å². The summed E-state index contributed by atoms with van der Waals surface area (Å²) < 4.78 is 5.25. The Morgan fingerprint density at radius 1 is 1.33 bits per heavy atom. The zero-order chi connectivity index (χ0) is 10.5. The quantitative estimate of drug-likeness (QED) is 0.856. The minimum absolute atomic E-state index is 0.0306. The molecule has 1 N–H and O–H groups in total. The molecular weight excluding hydrogens is 210 g/mol. The number of aliphatic hydroxyl groups is 1. The topological polar surface area (TPSA) is 42.4 Å². The van der Waals surface area contributed by atoms with Gasteiger partial charge in [-0.3, -0.25) is 0 Å². The van der Waals surface area contributed by atoms with Crippen molar-refractivity contribution in [1.82, 2.24) is 4.98 Å². The van der Waals surface area contributed by atoms with E-state index in [1.54, 1.807) is 0 Å². The number of aliphatic hydroxyl groups excluding tert-OH is 1. The number of rotatable bonds is 4. The monoisotopic (exact) mass is 220 g/mol. The van der Waals surface area contributed by atoms with Gasteiger partial charge in [-0.25, -0.2) is 4.98 Å². The van der Waals surface area contributed by atoms with Crippen LogP contribution in [0.5, 0.6) is 5.75 Å². The second kappa shape index (κ2) is 4.91. The van der Waals surface area contributed by atoms with E-state index in [2.05, 4.69) is 10.5 Å². The molecule has 2 rings (SSSR count). The van der Waals surface area contributed by atoms with Crippen LogP contribution in [0.2, 0.25) is 0 Å². The fourth-order valence-electron chi connectivity index (χ4n) is 1.20. The van der Waals surface area contributed by atoms with E-state index in [0.717, 1.165) is 17.0 Å². The van der Waals surface area contributed by atoms with E-state index >= 15 is 0 Å². The molecule has 0 aliphatic heterocycles. The van der Waals surface area contributed by atoms with Crippen LogP contribution in [0.1, 0.15) is 0 Å². The van der Waals surface area contributed by atoms with Crippen molar-refractivity contribution in [3.8, 4) is 17.0 Å². The van der Waals surface area contributed by atoms with Crippen molar-refractivity contribution in [2.75, 3.05) is 13.2 Å². The Hall–Kier alpha value is -1.39. The lowest BCUT2D eigenvalue weighted by Gasteiger charge is -2.04. The van der Waals surface area contributed by atoms with Gasteiger partial charge in [-0.05, 0) is 24.3 Å². The summed E-state index contributed by atoms with van der Waals surface area (Å²) in [5.41, 5.74) is 4.77. The third-order valence-electron chi connectivity index (χ3n) is 1.90. The maximum Gasteiger partial charge on any atom is 0.152 e. The smallest absolute Gasteiger partial charge is 0.152 e. The van der Waals surface area contributed by atoms with E-state index in [-0.39, 0.29) is 6.61 Å². The van der Waals surface area contributed by atoms with Gasteiger partial charge in [0.05, 0.1) is 12.3 Å². The number of hydrogen-bond acceptors (Lipinski definition) is 4. The first kappa shape index (κ1) is 10.1. The molecule has 0 aliphatic rings. The number of aromatic nitrogens is 1. The van der Waals surface area contributed by atoms with Gasteiger partial charge in [0.25, 0.3) is 0 Å². The predicted molar refractivity (Wildman–Crippen MR) is 59.0 cm³/mol. The second-order valence-electron chi connectivity index (χ2n) is 2.92. The summed E-state index contributed by atoms with van der Waals surface area (Å²) in [6.07, 6.45) is 0. The van der Waals surface area contributed by atoms with Crippen LogP contribution in [0, 0.1) is 5.51 Å². The molecule has 1 aromatic carbocycles. The van der Waals surface area contributed by atoms with E-state index in [0.29, 0.717) is 6.61 Å². The van der Waals surface area contributed by atoms with Gasteiger partial charge in [-0.1, -0.05) is 0 Å². The van der Waals surface area contributed by atoms with Crippen LogP contribution >= 0.6 is 11.3 Å². The standard InChI is InChI=1S/C11H10NO2S/c13-5-6-14-10-3-1-9(2-4-10)11-7-15-8-12-11/h1-4,7,13H,5-6H2. The number of nitrogens with zero attached hydrogens (tertiary/aromatic N) is 1. The van der Waals surface area contributed by atoms with Gasteiger partial charge in [0, 0.05) is 10.9 Å². The highest BCUT2D eigenvalue weighted by molar-refractivity contribution is 7.07. The van der Waals surface area contributed by atoms with Crippen molar-refractivity contribution in [2.45, 2.75) is 0 Å². The van der Waals surface area contributed by atoms with E-state index in [1.807, 2.05) is 29.6 Å². The molecule has 4 heteroatoms. The van der Waals surface area contributed by atoms with Crippen LogP contribution < -0.4 is 4.74 Å². The molecule has 0 aliphatic carbocycles. The first-order chi connectivity index (χ1) is 7.40. The molecule has 0 fully saturated rings. The third kappa shape index (κ3) is 2.55. The van der Waals surface area contributed by atoms with Crippen molar-refractivity contribution in [3.63, 3.8) is 0 Å². The first-order valence-electron chi connectivity index (χ1n) is 4.56. The summed E-state index contributed by atoms with van der Waals surface area (Å²) in [5.74, 6) is 0.756. The normalized spacial score (nSPS) is 10.2. The Bertz CT molecular complexity index is 397. The van der Waals surface area contributed by atoms with Crippen LogP contribution in [0.25, 0.3) is 11.3 Å². The van der Waals surface area contributed by atoms with Gasteiger partial charge in [-0.2, -0.15) is 0 Å². The van der Waals surface area contributed by atoms with Gasteiger partial charge < -0.3 is 9.84 Å². The number of hydrogen-bond donors (Lipinski definition) is 1. The lowest BCUT2D eigenvalue weighted by Crippen LogP contribution is -2.01. The zero-order valence-corrected chi connectivity index (χ0v) is 8.83. The fourth-order valence-corrected chi connectivity index (χ4v) is 1.71. The lowest BCUT2D eigenvalue weighted by molar-refractivity contribution is 0.201. The zero-order valence-electron chi connectivity index (χ0n) is 8.01. The molecule has 0 atom stereocenters. The highest BCUT2D eigenvalue weighted by Crippen LogP contribution is 2.21. The summed E-state index contributed by atoms with van der Waals surface area (Å²) >= 11 is 1.45. The third-order valence-corrected chi connectivity index (χ3v) is 2.44. The average molecular weight is 220 g/mol. The Kier molecular flexibility index (Phi) is 3.32. The van der Waals surface area contributed by atoms with Crippen LogP contribution in [0.15, 0.2) is 29.6 Å². The van der Waals surface area contributed by atoms with Gasteiger partial charge in [0.2, 0.25) is 0 Å². The largest absolute Gasteiger partial charge is 0.491 e. The number of thiazole rings is 1. The summed E-state index contributed by atoms with van der Waals surface area (Å²) in [6.45, 7) is 0.354. The van der Waals surface area contributed by atoms with E-state index < -0.39 is 0 Å². The minimum Gasteiger partial charge on any atom is -0.491 e. The van der Waals surface area contributed by atoms with Crippen LogP contribution in [0.4, 0.5) is 0 Å². The predicted octanol–water partition coefficient (Wildman–Crippen LogP) is 1.98. The molecule has 0 saturated carbocycles. The molecule has 0 unspecified atom stereocenters. The molecule has 0 spiro atoms. The van der Waals surface area contributed by atoms with E-state index in [4.69, 9.17) is 9.84 Å². The van der Waals surface area contributed by atoms with Crippen molar-refractivity contribution in [2.24, 2.45) is 0 Å². The molecule has 2 aromatic rings. The molecule has 0 amide bonds. The fraction of sp³-hybridized carbons (Fsp3) is 0.182. The van der Waals surface area contributed by atoms with Crippen LogP contribution in [-0.2, 0) is 0 Å². The highest BCUT2D eigenvalue weighted by atomic mass is 32.1. The van der Waals surface area contributed by atoms with Crippen molar-refractivity contribution in [1.29, 1.82) is 0 Å². The summed E-state index contributed by atoms with van der Waals surface area (Å²) in [4.78, 5) is 4.09. The average Bonchev–Trinajstić information content (AvgIpc) is 2.80. The molecule has 0 saturated heterocycles. The van der Waals surface area contributed by atoms with Crippen LogP contribution in [-0.4, -0.2) is 23.3 Å². The van der Waals surface area contributed by atoms with Gasteiger partial charge in [0.1, 0.15) is 12.4 Å². The van der Waals surface area contributed by atoms with Crippen molar-refractivity contribution >= 4 is 11.3 Å². The molecule has 3 nitrogen and oxygen atoms in total. The van der Waals surface area contributed by atoms with E-state index in [1.165, 1.54) is 11.3 Å². The Morgan fingerprint density at radius 2 is 2.13 bits per heavy atom. The maximum absolute atomic E-state index is 8.59. The van der Waals surface area contributed by atoms with Gasteiger partial charge in [0.15, 0.2) is 5.51 Å². The molecule has 1 aromatic heterocycles. The maximum atomic E-state index is 8.59. The summed E-state index contributed by atoms with van der Waals surface area (Å²) in [5, 5.41) is 10.5. The molecule has 1 heterocycles. The Morgan fingerprint density at radius 3 is 2.73 bits per heavy atom. The molecule has 1 radical (unpaired) electrons. The minimum atomic E-state index is 0.0306. The van der Waals surface area contributed by atoms with Crippen molar-refractivity contribution < 1.29 is 9.84 Å². The Labute approximate surface area is 92.0 Å². The first-order valence-corrected chi connectivity index (χ1v) is 5.44. The van der Waals surface area contributed by atoms with Crippen molar-refractivity contribution in [3.05, 3.63) is 35.2 Å². The second-order valence-corrected chi connectivity index (χ2v) is 3.57. The van der Waals surface area contributed by atoms with Crippen LogP contribution in [0.3, 0.4) is 0 Å². The lowest BCUT2D eigenvalue weighted by atomic mass is 10.2. The summed E-state index contributed by atoms with van der Waals surface area (Å²) in [7, 11) is 0. The molecule has 0 bridgehead atoms.